The molecular formula is C12H24N2O. The Bertz CT molecular complexity index is 230. The van der Waals surface area contributed by atoms with Gasteiger partial charge in [0.25, 0.3) is 0 Å². The van der Waals surface area contributed by atoms with E-state index in [0.717, 1.165) is 32.2 Å². The molecule has 1 saturated heterocycles. The highest BCUT2D eigenvalue weighted by Gasteiger charge is 2.39. The summed E-state index contributed by atoms with van der Waals surface area (Å²) in [5, 5.41) is 0. The van der Waals surface area contributed by atoms with Crippen molar-refractivity contribution in [2.24, 2.45) is 11.7 Å². The van der Waals surface area contributed by atoms with E-state index in [2.05, 4.69) is 13.8 Å². The van der Waals surface area contributed by atoms with Gasteiger partial charge in [-0.1, -0.05) is 20.3 Å². The van der Waals surface area contributed by atoms with Gasteiger partial charge in [-0.25, -0.2) is 0 Å². The fraction of sp³-hybridized carbons (Fsp3) is 0.917. The summed E-state index contributed by atoms with van der Waals surface area (Å²) < 4.78 is 0. The summed E-state index contributed by atoms with van der Waals surface area (Å²) in [6.45, 7) is 7.73. The van der Waals surface area contributed by atoms with Crippen molar-refractivity contribution in [2.75, 3.05) is 13.1 Å². The van der Waals surface area contributed by atoms with Gasteiger partial charge in [0, 0.05) is 19.0 Å². The first kappa shape index (κ1) is 12.5. The predicted octanol–water partition coefficient (Wildman–Crippen LogP) is 1.76. The molecule has 1 rings (SSSR count). The second-order valence-electron chi connectivity index (χ2n) is 4.98. The maximum absolute atomic E-state index is 12.2. The lowest BCUT2D eigenvalue weighted by Crippen LogP contribution is -2.51. The van der Waals surface area contributed by atoms with Crippen molar-refractivity contribution in [3.8, 4) is 0 Å². The van der Waals surface area contributed by atoms with Crippen molar-refractivity contribution in [2.45, 2.75) is 52.0 Å². The molecule has 1 aliphatic rings. The van der Waals surface area contributed by atoms with E-state index >= 15 is 0 Å². The van der Waals surface area contributed by atoms with Gasteiger partial charge in [0.2, 0.25) is 5.91 Å². The molecule has 88 valence electrons. The Kier molecular flexibility index (Phi) is 4.14. The minimum Gasteiger partial charge on any atom is -0.336 e. The minimum absolute atomic E-state index is 0.0842. The van der Waals surface area contributed by atoms with Gasteiger partial charge in [0.05, 0.1) is 5.54 Å². The van der Waals surface area contributed by atoms with E-state index in [1.165, 1.54) is 0 Å². The number of amides is 1. The van der Waals surface area contributed by atoms with Gasteiger partial charge < -0.3 is 10.6 Å². The van der Waals surface area contributed by atoms with Crippen LogP contribution in [0.15, 0.2) is 0 Å². The smallest absolute Gasteiger partial charge is 0.225 e. The first-order valence-electron chi connectivity index (χ1n) is 6.06. The highest BCUT2D eigenvalue weighted by Crippen LogP contribution is 2.29. The van der Waals surface area contributed by atoms with Crippen molar-refractivity contribution >= 4 is 5.91 Å². The Morgan fingerprint density at radius 1 is 1.60 bits per heavy atom. The molecule has 15 heavy (non-hydrogen) atoms. The van der Waals surface area contributed by atoms with Gasteiger partial charge in [0.15, 0.2) is 0 Å². The van der Waals surface area contributed by atoms with E-state index in [1.807, 2.05) is 11.8 Å². The molecular weight excluding hydrogens is 188 g/mol. The Morgan fingerprint density at radius 3 is 2.80 bits per heavy atom. The average Bonchev–Trinajstić information content (AvgIpc) is 2.60. The number of nitrogens with two attached hydrogens (primary N) is 1. The number of likely N-dealkylation sites (tertiary alicyclic amines) is 1. The van der Waals surface area contributed by atoms with Crippen LogP contribution in [0.1, 0.15) is 46.5 Å². The van der Waals surface area contributed by atoms with E-state index in [-0.39, 0.29) is 11.5 Å². The molecule has 0 bridgehead atoms. The lowest BCUT2D eigenvalue weighted by molar-refractivity contribution is -0.138. The summed E-state index contributed by atoms with van der Waals surface area (Å²) in [4.78, 5) is 14.2. The van der Waals surface area contributed by atoms with E-state index in [0.29, 0.717) is 12.5 Å². The first-order valence-corrected chi connectivity index (χ1v) is 6.06. The van der Waals surface area contributed by atoms with Crippen LogP contribution in [0.25, 0.3) is 0 Å². The van der Waals surface area contributed by atoms with Crippen LogP contribution in [-0.4, -0.2) is 29.4 Å². The SMILES string of the molecule is CCCC(C)C(=O)N1CCCC1(C)CN. The molecule has 0 aromatic heterocycles. The van der Waals surface area contributed by atoms with Crippen LogP contribution in [0.4, 0.5) is 0 Å². The van der Waals surface area contributed by atoms with Gasteiger partial charge in [-0.3, -0.25) is 4.79 Å². The lowest BCUT2D eigenvalue weighted by atomic mass is 9.96. The van der Waals surface area contributed by atoms with Gasteiger partial charge in [-0.2, -0.15) is 0 Å². The van der Waals surface area contributed by atoms with Gasteiger partial charge in [0.1, 0.15) is 0 Å². The van der Waals surface area contributed by atoms with Crippen LogP contribution in [0.3, 0.4) is 0 Å². The van der Waals surface area contributed by atoms with Crippen LogP contribution in [0.2, 0.25) is 0 Å². The zero-order chi connectivity index (χ0) is 11.5. The molecule has 2 atom stereocenters. The maximum Gasteiger partial charge on any atom is 0.225 e. The molecule has 3 heteroatoms. The van der Waals surface area contributed by atoms with E-state index < -0.39 is 0 Å². The molecule has 0 saturated carbocycles. The fourth-order valence-corrected chi connectivity index (χ4v) is 2.43. The normalized spacial score (nSPS) is 28.1. The quantitative estimate of drug-likeness (QED) is 0.772. The highest BCUT2D eigenvalue weighted by molar-refractivity contribution is 5.79. The fourth-order valence-electron chi connectivity index (χ4n) is 2.43. The Labute approximate surface area is 93.0 Å². The average molecular weight is 212 g/mol. The standard InChI is InChI=1S/C12H24N2O/c1-4-6-10(2)11(15)14-8-5-7-12(14,3)9-13/h10H,4-9,13H2,1-3H3. The third-order valence-corrected chi connectivity index (χ3v) is 3.60. The summed E-state index contributed by atoms with van der Waals surface area (Å²) in [5.74, 6) is 0.446. The molecule has 1 fully saturated rings. The second-order valence-corrected chi connectivity index (χ2v) is 4.98. The van der Waals surface area contributed by atoms with Gasteiger partial charge in [-0.15, -0.1) is 0 Å². The van der Waals surface area contributed by atoms with Crippen molar-refractivity contribution in [3.63, 3.8) is 0 Å². The van der Waals surface area contributed by atoms with Crippen LogP contribution in [0.5, 0.6) is 0 Å². The zero-order valence-corrected chi connectivity index (χ0v) is 10.3. The second kappa shape index (κ2) is 4.97. The topological polar surface area (TPSA) is 46.3 Å². The minimum atomic E-state index is -0.0842. The maximum atomic E-state index is 12.2. The van der Waals surface area contributed by atoms with Crippen LogP contribution in [0, 0.1) is 5.92 Å². The van der Waals surface area contributed by atoms with E-state index in [4.69, 9.17) is 5.73 Å². The number of hydrogen-bond acceptors (Lipinski definition) is 2. The number of rotatable bonds is 4. The predicted molar refractivity (Wildman–Crippen MR) is 62.5 cm³/mol. The molecule has 2 unspecified atom stereocenters. The number of nitrogens with zero attached hydrogens (tertiary/aromatic N) is 1. The molecule has 1 heterocycles. The van der Waals surface area contributed by atoms with E-state index in [9.17, 15) is 4.79 Å². The zero-order valence-electron chi connectivity index (χ0n) is 10.3. The Balaban J connectivity index is 2.66. The molecule has 0 aromatic carbocycles. The summed E-state index contributed by atoms with van der Waals surface area (Å²) in [6, 6.07) is 0. The van der Waals surface area contributed by atoms with Gasteiger partial charge >= 0.3 is 0 Å². The summed E-state index contributed by atoms with van der Waals surface area (Å²) in [7, 11) is 0. The molecule has 0 aromatic rings. The highest BCUT2D eigenvalue weighted by atomic mass is 16.2. The largest absolute Gasteiger partial charge is 0.336 e. The third kappa shape index (κ3) is 2.51. The number of carbonyl (C=O) groups is 1. The van der Waals surface area contributed by atoms with Crippen molar-refractivity contribution in [1.82, 2.24) is 4.90 Å². The molecule has 1 amide bonds. The lowest BCUT2D eigenvalue weighted by Gasteiger charge is -2.36. The van der Waals surface area contributed by atoms with Crippen molar-refractivity contribution < 1.29 is 4.79 Å². The van der Waals surface area contributed by atoms with Crippen LogP contribution in [-0.2, 0) is 4.79 Å². The van der Waals surface area contributed by atoms with Crippen LogP contribution >= 0.6 is 0 Å². The Hall–Kier alpha value is -0.570. The molecule has 0 aliphatic carbocycles. The molecule has 3 nitrogen and oxygen atoms in total. The third-order valence-electron chi connectivity index (χ3n) is 3.60. The number of carbonyl (C=O) groups excluding carboxylic acids is 1. The van der Waals surface area contributed by atoms with Crippen molar-refractivity contribution in [3.05, 3.63) is 0 Å². The molecule has 0 radical (unpaired) electrons. The van der Waals surface area contributed by atoms with E-state index in [1.54, 1.807) is 0 Å². The molecule has 1 aliphatic heterocycles. The molecule has 2 N–H and O–H groups in total. The van der Waals surface area contributed by atoms with Crippen LogP contribution < -0.4 is 5.73 Å². The monoisotopic (exact) mass is 212 g/mol. The number of hydrogen-bond donors (Lipinski definition) is 1. The van der Waals surface area contributed by atoms with Gasteiger partial charge in [-0.05, 0) is 26.2 Å². The molecule has 0 spiro atoms. The summed E-state index contributed by atoms with van der Waals surface area (Å²) in [5.41, 5.74) is 5.69. The Morgan fingerprint density at radius 2 is 2.27 bits per heavy atom. The summed E-state index contributed by atoms with van der Waals surface area (Å²) in [6.07, 6.45) is 4.20. The van der Waals surface area contributed by atoms with Crippen molar-refractivity contribution in [1.29, 1.82) is 0 Å². The summed E-state index contributed by atoms with van der Waals surface area (Å²) >= 11 is 0. The first-order chi connectivity index (χ1) is 7.05.